The van der Waals surface area contributed by atoms with E-state index in [4.69, 9.17) is 11.6 Å². The van der Waals surface area contributed by atoms with Gasteiger partial charge in [-0.15, -0.1) is 11.8 Å². The lowest BCUT2D eigenvalue weighted by Gasteiger charge is -2.05. The van der Waals surface area contributed by atoms with E-state index >= 15 is 0 Å². The second-order valence-corrected chi connectivity index (χ2v) is 4.76. The minimum atomic E-state index is -0.240. The zero-order chi connectivity index (χ0) is 11.4. The molecule has 3 heteroatoms. The van der Waals surface area contributed by atoms with Crippen LogP contribution < -0.4 is 0 Å². The normalized spacial score (nSPS) is 10.4. The van der Waals surface area contributed by atoms with Gasteiger partial charge in [-0.3, -0.25) is 0 Å². The Morgan fingerprint density at radius 1 is 1.00 bits per heavy atom. The van der Waals surface area contributed by atoms with Crippen LogP contribution >= 0.6 is 23.4 Å². The minimum Gasteiger partial charge on any atom is -0.207 e. The summed E-state index contributed by atoms with van der Waals surface area (Å²) in [7, 11) is 0. The second kappa shape index (κ2) is 5.37. The smallest absolute Gasteiger partial charge is 0.128 e. The van der Waals surface area contributed by atoms with Gasteiger partial charge in [0, 0.05) is 21.2 Å². The van der Waals surface area contributed by atoms with Crippen molar-refractivity contribution < 1.29 is 4.39 Å². The van der Waals surface area contributed by atoms with Crippen molar-refractivity contribution in [1.82, 2.24) is 0 Å². The van der Waals surface area contributed by atoms with Crippen LogP contribution in [0.1, 0.15) is 5.56 Å². The Bertz CT molecular complexity index is 450. The zero-order valence-corrected chi connectivity index (χ0v) is 10.1. The number of halogens is 2. The molecule has 0 nitrogen and oxygen atoms in total. The van der Waals surface area contributed by atoms with E-state index in [1.54, 1.807) is 23.9 Å². The van der Waals surface area contributed by atoms with Gasteiger partial charge in [-0.25, -0.2) is 4.39 Å². The third-order valence-corrected chi connectivity index (χ3v) is 3.58. The molecule has 2 rings (SSSR count). The quantitative estimate of drug-likeness (QED) is 0.709. The van der Waals surface area contributed by atoms with Gasteiger partial charge in [-0.1, -0.05) is 35.9 Å². The predicted molar refractivity (Wildman–Crippen MR) is 67.4 cm³/mol. The summed E-state index contributed by atoms with van der Waals surface area (Å²) in [5.41, 5.74) is 0.568. The molecule has 82 valence electrons. The fourth-order valence-corrected chi connectivity index (χ4v) is 2.61. The summed E-state index contributed by atoms with van der Waals surface area (Å²) in [4.78, 5) is 1.11. The molecular formula is C13H10ClFS. The number of benzene rings is 2. The molecule has 0 heterocycles. The van der Waals surface area contributed by atoms with Crippen LogP contribution in [0.4, 0.5) is 4.39 Å². The molecule has 0 aliphatic carbocycles. The molecule has 0 radical (unpaired) electrons. The highest BCUT2D eigenvalue weighted by Crippen LogP contribution is 2.28. The van der Waals surface area contributed by atoms with Gasteiger partial charge < -0.3 is 0 Å². The van der Waals surface area contributed by atoms with Gasteiger partial charge >= 0.3 is 0 Å². The first kappa shape index (κ1) is 11.5. The average Bonchev–Trinajstić information content (AvgIpc) is 2.30. The highest BCUT2D eigenvalue weighted by atomic mass is 35.5. The van der Waals surface area contributed by atoms with Crippen molar-refractivity contribution in [3.05, 3.63) is 64.9 Å². The van der Waals surface area contributed by atoms with Crippen LogP contribution in [-0.2, 0) is 5.75 Å². The Balaban J connectivity index is 2.11. The van der Waals surface area contributed by atoms with Crippen LogP contribution in [0.2, 0.25) is 5.02 Å². The van der Waals surface area contributed by atoms with Crippen molar-refractivity contribution in [3.63, 3.8) is 0 Å². The molecule has 0 amide bonds. The van der Waals surface area contributed by atoms with Crippen LogP contribution in [0.5, 0.6) is 0 Å². The van der Waals surface area contributed by atoms with Gasteiger partial charge in [0.25, 0.3) is 0 Å². The average molecular weight is 253 g/mol. The lowest BCUT2D eigenvalue weighted by Crippen LogP contribution is -1.88. The highest BCUT2D eigenvalue weighted by molar-refractivity contribution is 7.98. The Labute approximate surface area is 103 Å². The summed E-state index contributed by atoms with van der Waals surface area (Å²) in [5, 5.41) is 0.489. The molecule has 16 heavy (non-hydrogen) atoms. The molecule has 0 saturated carbocycles. The fourth-order valence-electron chi connectivity index (χ4n) is 1.34. The van der Waals surface area contributed by atoms with Crippen molar-refractivity contribution in [1.29, 1.82) is 0 Å². The molecule has 0 bridgehead atoms. The standard InChI is InChI=1S/C13H10ClFS/c14-12-7-4-8-13(15)11(12)9-16-10-5-2-1-3-6-10/h1-8H,9H2. The first-order chi connectivity index (χ1) is 7.77. The van der Waals surface area contributed by atoms with Crippen molar-refractivity contribution in [2.24, 2.45) is 0 Å². The van der Waals surface area contributed by atoms with Crippen LogP contribution in [0.25, 0.3) is 0 Å². The third kappa shape index (κ3) is 2.77. The number of rotatable bonds is 3. The maximum absolute atomic E-state index is 13.5. The molecule has 0 saturated heterocycles. The summed E-state index contributed by atoms with van der Waals surface area (Å²) in [6.07, 6.45) is 0. The lowest BCUT2D eigenvalue weighted by atomic mass is 10.2. The minimum absolute atomic E-state index is 0.240. The highest BCUT2D eigenvalue weighted by Gasteiger charge is 2.06. The lowest BCUT2D eigenvalue weighted by molar-refractivity contribution is 0.617. The molecule has 2 aromatic carbocycles. The SMILES string of the molecule is Fc1cccc(Cl)c1CSc1ccccc1. The van der Waals surface area contributed by atoms with E-state index < -0.39 is 0 Å². The number of hydrogen-bond acceptors (Lipinski definition) is 1. The van der Waals surface area contributed by atoms with Gasteiger partial charge in [-0.05, 0) is 24.3 Å². The first-order valence-electron chi connectivity index (χ1n) is 4.88. The maximum Gasteiger partial charge on any atom is 0.128 e. The topological polar surface area (TPSA) is 0 Å². The number of thioether (sulfide) groups is 1. The largest absolute Gasteiger partial charge is 0.207 e. The Kier molecular flexibility index (Phi) is 3.86. The van der Waals surface area contributed by atoms with Crippen LogP contribution in [-0.4, -0.2) is 0 Å². The van der Waals surface area contributed by atoms with Crippen molar-refractivity contribution in [3.8, 4) is 0 Å². The summed E-state index contributed by atoms with van der Waals surface area (Å²) in [5.74, 6) is 0.311. The van der Waals surface area contributed by atoms with Crippen LogP contribution in [0, 0.1) is 5.82 Å². The first-order valence-corrected chi connectivity index (χ1v) is 6.24. The van der Waals surface area contributed by atoms with E-state index in [9.17, 15) is 4.39 Å². The number of hydrogen-bond donors (Lipinski definition) is 0. The van der Waals surface area contributed by atoms with E-state index in [0.717, 1.165) is 4.90 Å². The monoisotopic (exact) mass is 252 g/mol. The molecule has 0 fully saturated rings. The molecule has 0 aromatic heterocycles. The predicted octanol–water partition coefficient (Wildman–Crippen LogP) is 4.77. The van der Waals surface area contributed by atoms with Crippen molar-refractivity contribution >= 4 is 23.4 Å². The fraction of sp³-hybridized carbons (Fsp3) is 0.0769. The molecule has 2 aromatic rings. The summed E-state index contributed by atoms with van der Waals surface area (Å²) >= 11 is 7.52. The van der Waals surface area contributed by atoms with Gasteiger partial charge in [0.2, 0.25) is 0 Å². The molecule has 0 aliphatic rings. The zero-order valence-electron chi connectivity index (χ0n) is 8.49. The van der Waals surface area contributed by atoms with E-state index in [0.29, 0.717) is 16.3 Å². The molecule has 0 N–H and O–H groups in total. The van der Waals surface area contributed by atoms with Crippen LogP contribution in [0.3, 0.4) is 0 Å². The van der Waals surface area contributed by atoms with E-state index in [1.165, 1.54) is 6.07 Å². The van der Waals surface area contributed by atoms with E-state index in [1.807, 2.05) is 30.3 Å². The third-order valence-electron chi connectivity index (χ3n) is 2.19. The Hall–Kier alpha value is -0.990. The van der Waals surface area contributed by atoms with E-state index in [-0.39, 0.29) is 5.82 Å². The molecule has 0 atom stereocenters. The Morgan fingerprint density at radius 3 is 2.44 bits per heavy atom. The Morgan fingerprint density at radius 2 is 1.75 bits per heavy atom. The van der Waals surface area contributed by atoms with Gasteiger partial charge in [-0.2, -0.15) is 0 Å². The van der Waals surface area contributed by atoms with Gasteiger partial charge in [0.15, 0.2) is 0 Å². The van der Waals surface area contributed by atoms with Gasteiger partial charge in [0.05, 0.1) is 0 Å². The second-order valence-electron chi connectivity index (χ2n) is 3.30. The summed E-state index contributed by atoms with van der Waals surface area (Å²) in [6.45, 7) is 0. The maximum atomic E-state index is 13.5. The molecular weight excluding hydrogens is 243 g/mol. The van der Waals surface area contributed by atoms with Crippen LogP contribution in [0.15, 0.2) is 53.4 Å². The van der Waals surface area contributed by atoms with Gasteiger partial charge in [0.1, 0.15) is 5.82 Å². The summed E-state index contributed by atoms with van der Waals surface area (Å²) in [6, 6.07) is 14.7. The van der Waals surface area contributed by atoms with Crippen molar-refractivity contribution in [2.45, 2.75) is 10.6 Å². The van der Waals surface area contributed by atoms with Crippen molar-refractivity contribution in [2.75, 3.05) is 0 Å². The van der Waals surface area contributed by atoms with E-state index in [2.05, 4.69) is 0 Å². The molecule has 0 unspecified atom stereocenters. The molecule has 0 spiro atoms. The summed E-state index contributed by atoms with van der Waals surface area (Å²) < 4.78 is 13.5. The molecule has 0 aliphatic heterocycles.